The number of amides is 2. The molecular formula is C18H29N5O2. The normalized spacial score (nSPS) is 11.6. The van der Waals surface area contributed by atoms with Gasteiger partial charge in [-0.25, -0.2) is 0 Å². The summed E-state index contributed by atoms with van der Waals surface area (Å²) in [6.07, 6.45) is 0. The van der Waals surface area contributed by atoms with E-state index in [9.17, 15) is 9.59 Å². The van der Waals surface area contributed by atoms with E-state index in [4.69, 9.17) is 0 Å². The number of aliphatic imine (C=N–C) groups is 1. The van der Waals surface area contributed by atoms with Crippen LogP contribution in [-0.2, 0) is 11.3 Å². The highest BCUT2D eigenvalue weighted by atomic mass is 16.2. The number of nitrogens with zero attached hydrogens (tertiary/aromatic N) is 1. The van der Waals surface area contributed by atoms with Gasteiger partial charge in [-0.3, -0.25) is 14.6 Å². The molecular weight excluding hydrogens is 318 g/mol. The van der Waals surface area contributed by atoms with Gasteiger partial charge in [0.2, 0.25) is 5.91 Å². The number of benzene rings is 1. The molecule has 0 radical (unpaired) electrons. The van der Waals surface area contributed by atoms with Crippen LogP contribution in [0.3, 0.4) is 0 Å². The molecule has 0 fully saturated rings. The average molecular weight is 347 g/mol. The fourth-order valence-corrected chi connectivity index (χ4v) is 2.12. The molecule has 0 aliphatic carbocycles. The van der Waals surface area contributed by atoms with Crippen molar-refractivity contribution in [2.75, 3.05) is 20.1 Å². The molecule has 138 valence electrons. The third kappa shape index (κ3) is 8.19. The first-order valence-corrected chi connectivity index (χ1v) is 8.38. The van der Waals surface area contributed by atoms with Crippen LogP contribution in [0.2, 0.25) is 0 Å². The lowest BCUT2D eigenvalue weighted by molar-refractivity contribution is -0.121. The molecule has 1 aromatic rings. The molecule has 0 aliphatic rings. The number of rotatable bonds is 6. The highest BCUT2D eigenvalue weighted by molar-refractivity contribution is 5.94. The summed E-state index contributed by atoms with van der Waals surface area (Å²) in [6, 6.07) is 7.37. The van der Waals surface area contributed by atoms with Crippen LogP contribution in [0.1, 0.15) is 43.6 Å². The maximum absolute atomic E-state index is 11.9. The van der Waals surface area contributed by atoms with Crippen LogP contribution >= 0.6 is 0 Å². The first kappa shape index (κ1) is 20.5. The van der Waals surface area contributed by atoms with Gasteiger partial charge in [0.15, 0.2) is 5.96 Å². The monoisotopic (exact) mass is 347 g/mol. The second-order valence-corrected chi connectivity index (χ2v) is 6.64. The second-order valence-electron chi connectivity index (χ2n) is 6.64. The van der Waals surface area contributed by atoms with E-state index in [0.29, 0.717) is 24.6 Å². The Morgan fingerprint density at radius 3 is 2.44 bits per heavy atom. The van der Waals surface area contributed by atoms with Gasteiger partial charge >= 0.3 is 0 Å². The van der Waals surface area contributed by atoms with Gasteiger partial charge in [0, 0.05) is 31.2 Å². The average Bonchev–Trinajstić information content (AvgIpc) is 2.54. The van der Waals surface area contributed by atoms with E-state index in [1.165, 1.54) is 0 Å². The molecule has 0 unspecified atom stereocenters. The van der Waals surface area contributed by atoms with Crippen LogP contribution in [0.25, 0.3) is 0 Å². The summed E-state index contributed by atoms with van der Waals surface area (Å²) in [5.74, 6) is 0.326. The zero-order valence-corrected chi connectivity index (χ0v) is 15.7. The zero-order valence-electron chi connectivity index (χ0n) is 15.7. The summed E-state index contributed by atoms with van der Waals surface area (Å²) in [6.45, 7) is 8.89. The molecule has 25 heavy (non-hydrogen) atoms. The third-order valence-electron chi connectivity index (χ3n) is 3.14. The Balaban J connectivity index is 2.54. The van der Waals surface area contributed by atoms with Crippen molar-refractivity contribution < 1.29 is 9.59 Å². The SMILES string of the molecule is CCNC(=O)c1cccc(CNC(=NC)NCC(=O)NC(C)(C)C)c1. The van der Waals surface area contributed by atoms with Crippen LogP contribution in [0.4, 0.5) is 0 Å². The molecule has 1 rings (SSSR count). The van der Waals surface area contributed by atoms with Crippen molar-refractivity contribution in [2.24, 2.45) is 4.99 Å². The number of guanidine groups is 1. The zero-order chi connectivity index (χ0) is 18.9. The lowest BCUT2D eigenvalue weighted by atomic mass is 10.1. The number of carbonyl (C=O) groups is 2. The molecule has 0 bridgehead atoms. The number of nitrogens with one attached hydrogen (secondary N) is 4. The minimum absolute atomic E-state index is 0.0919. The van der Waals surface area contributed by atoms with Crippen molar-refractivity contribution >= 4 is 17.8 Å². The summed E-state index contributed by atoms with van der Waals surface area (Å²) < 4.78 is 0. The minimum atomic E-state index is -0.269. The van der Waals surface area contributed by atoms with Gasteiger partial charge < -0.3 is 21.3 Å². The Morgan fingerprint density at radius 1 is 1.12 bits per heavy atom. The van der Waals surface area contributed by atoms with Gasteiger partial charge in [-0.1, -0.05) is 12.1 Å². The van der Waals surface area contributed by atoms with Crippen molar-refractivity contribution in [1.82, 2.24) is 21.3 Å². The van der Waals surface area contributed by atoms with Crippen molar-refractivity contribution in [2.45, 2.75) is 39.8 Å². The quantitative estimate of drug-likeness (QED) is 0.456. The smallest absolute Gasteiger partial charge is 0.251 e. The molecule has 4 N–H and O–H groups in total. The van der Waals surface area contributed by atoms with Crippen molar-refractivity contribution in [3.8, 4) is 0 Å². The van der Waals surface area contributed by atoms with Crippen LogP contribution in [0.5, 0.6) is 0 Å². The van der Waals surface area contributed by atoms with Crippen molar-refractivity contribution in [3.05, 3.63) is 35.4 Å². The van der Waals surface area contributed by atoms with E-state index in [-0.39, 0.29) is 23.9 Å². The Hall–Kier alpha value is -2.57. The van der Waals surface area contributed by atoms with Crippen LogP contribution in [0, 0.1) is 0 Å². The van der Waals surface area contributed by atoms with E-state index >= 15 is 0 Å². The van der Waals surface area contributed by atoms with E-state index in [0.717, 1.165) is 5.56 Å². The molecule has 0 spiro atoms. The number of hydrogen-bond donors (Lipinski definition) is 4. The van der Waals surface area contributed by atoms with Crippen LogP contribution < -0.4 is 21.3 Å². The van der Waals surface area contributed by atoms with Crippen molar-refractivity contribution in [1.29, 1.82) is 0 Å². The van der Waals surface area contributed by atoms with Crippen LogP contribution in [0.15, 0.2) is 29.3 Å². The molecule has 0 saturated carbocycles. The minimum Gasteiger partial charge on any atom is -0.352 e. The van der Waals surface area contributed by atoms with E-state index in [1.54, 1.807) is 13.1 Å². The highest BCUT2D eigenvalue weighted by Crippen LogP contribution is 2.05. The third-order valence-corrected chi connectivity index (χ3v) is 3.14. The van der Waals surface area contributed by atoms with Gasteiger partial charge in [0.1, 0.15) is 0 Å². The number of hydrogen-bond acceptors (Lipinski definition) is 3. The molecule has 7 heteroatoms. The van der Waals surface area contributed by atoms with Crippen molar-refractivity contribution in [3.63, 3.8) is 0 Å². The fourth-order valence-electron chi connectivity index (χ4n) is 2.12. The second kappa shape index (κ2) is 9.66. The fraction of sp³-hybridized carbons (Fsp3) is 0.500. The van der Waals surface area contributed by atoms with Gasteiger partial charge in [-0.2, -0.15) is 0 Å². The van der Waals surface area contributed by atoms with E-state index in [1.807, 2.05) is 45.9 Å². The predicted octanol–water partition coefficient (Wildman–Crippen LogP) is 1.02. The largest absolute Gasteiger partial charge is 0.352 e. The Bertz CT molecular complexity index is 620. The van der Waals surface area contributed by atoms with E-state index < -0.39 is 0 Å². The topological polar surface area (TPSA) is 94.6 Å². The molecule has 1 aromatic carbocycles. The molecule has 0 aromatic heterocycles. The maximum Gasteiger partial charge on any atom is 0.251 e. The van der Waals surface area contributed by atoms with Gasteiger partial charge in [-0.15, -0.1) is 0 Å². The number of carbonyl (C=O) groups excluding carboxylic acids is 2. The summed E-state index contributed by atoms with van der Waals surface area (Å²) >= 11 is 0. The lowest BCUT2D eigenvalue weighted by Crippen LogP contribution is -2.48. The summed E-state index contributed by atoms with van der Waals surface area (Å²) in [4.78, 5) is 27.8. The van der Waals surface area contributed by atoms with Gasteiger partial charge in [0.25, 0.3) is 5.91 Å². The molecule has 0 atom stereocenters. The Kier molecular flexibility index (Phi) is 7.91. The molecule has 0 heterocycles. The summed E-state index contributed by atoms with van der Waals surface area (Å²) in [5, 5.41) is 11.7. The predicted molar refractivity (Wildman–Crippen MR) is 101 cm³/mol. The van der Waals surface area contributed by atoms with Gasteiger partial charge in [-0.05, 0) is 45.4 Å². The molecule has 2 amide bonds. The Labute approximate surface area is 149 Å². The van der Waals surface area contributed by atoms with Gasteiger partial charge in [0.05, 0.1) is 6.54 Å². The first-order valence-electron chi connectivity index (χ1n) is 8.38. The summed E-state index contributed by atoms with van der Waals surface area (Å²) in [7, 11) is 1.64. The molecule has 0 saturated heterocycles. The maximum atomic E-state index is 11.9. The summed E-state index contributed by atoms with van der Waals surface area (Å²) in [5.41, 5.74) is 1.30. The Morgan fingerprint density at radius 2 is 1.84 bits per heavy atom. The molecule has 0 aliphatic heterocycles. The standard InChI is InChI=1S/C18H29N5O2/c1-6-20-16(25)14-9-7-8-13(10-14)11-21-17(19-5)22-12-15(24)23-18(2,3)4/h7-10H,6,11-12H2,1-5H3,(H,20,25)(H,23,24)(H2,19,21,22). The first-order chi connectivity index (χ1) is 11.7. The van der Waals surface area contributed by atoms with E-state index in [2.05, 4.69) is 26.3 Å². The highest BCUT2D eigenvalue weighted by Gasteiger charge is 2.13. The lowest BCUT2D eigenvalue weighted by Gasteiger charge is -2.21. The van der Waals surface area contributed by atoms with Crippen LogP contribution in [-0.4, -0.2) is 43.5 Å². The molecule has 7 nitrogen and oxygen atoms in total.